The molecular formula is C22H18ClFN6O3S. The quantitative estimate of drug-likeness (QED) is 0.399. The van der Waals surface area contributed by atoms with Crippen molar-refractivity contribution in [2.24, 2.45) is 0 Å². The Balaban J connectivity index is 0.000000291. The summed E-state index contributed by atoms with van der Waals surface area (Å²) in [4.78, 5) is 40.6. The number of fused-ring (bicyclic) bond motifs is 2. The number of hydrogen-bond acceptors (Lipinski definition) is 6. The molecule has 0 saturated carbocycles. The lowest BCUT2D eigenvalue weighted by atomic mass is 10.2. The fraction of sp³-hybridized carbons (Fsp3) is 0.136. The summed E-state index contributed by atoms with van der Waals surface area (Å²) in [6.07, 6.45) is 0. The molecule has 2 aromatic carbocycles. The van der Waals surface area contributed by atoms with Crippen LogP contribution < -0.4 is 16.0 Å². The minimum Gasteiger partial charge on any atom is -0.352 e. The lowest BCUT2D eigenvalue weighted by Gasteiger charge is -2.17. The van der Waals surface area contributed by atoms with Crippen LogP contribution in [0.3, 0.4) is 0 Å². The molecule has 0 fully saturated rings. The zero-order chi connectivity index (χ0) is 24.2. The number of nitrogens with zero attached hydrogens (tertiary/aromatic N) is 3. The monoisotopic (exact) mass is 500 g/mol. The van der Waals surface area contributed by atoms with Gasteiger partial charge in [0.05, 0.1) is 16.9 Å². The SMILES string of the molecule is CNC(=O)c1nc(NC(=O)c2nsc3ccccc23)c2n1CC(=O)NC2.Fc1ccc(Cl)cc1. The second kappa shape index (κ2) is 9.98. The highest BCUT2D eigenvalue weighted by Gasteiger charge is 2.28. The molecule has 34 heavy (non-hydrogen) atoms. The maximum atomic E-state index is 12.7. The van der Waals surface area contributed by atoms with Gasteiger partial charge in [0.1, 0.15) is 18.1 Å². The molecule has 2 aromatic heterocycles. The Morgan fingerprint density at radius 2 is 1.88 bits per heavy atom. The number of imidazole rings is 1. The van der Waals surface area contributed by atoms with E-state index in [0.29, 0.717) is 16.4 Å². The van der Waals surface area contributed by atoms with E-state index in [1.54, 1.807) is 0 Å². The molecule has 3 N–H and O–H groups in total. The van der Waals surface area contributed by atoms with Gasteiger partial charge < -0.3 is 20.5 Å². The van der Waals surface area contributed by atoms with Crippen LogP contribution in [0.1, 0.15) is 26.8 Å². The summed E-state index contributed by atoms with van der Waals surface area (Å²) in [5.74, 6) is -0.997. The van der Waals surface area contributed by atoms with Crippen molar-refractivity contribution < 1.29 is 18.8 Å². The number of nitrogens with one attached hydrogen (secondary N) is 3. The number of benzene rings is 2. The molecule has 9 nitrogen and oxygen atoms in total. The molecule has 4 aromatic rings. The maximum absolute atomic E-state index is 12.7. The van der Waals surface area contributed by atoms with Gasteiger partial charge in [-0.2, -0.15) is 4.37 Å². The number of anilines is 1. The standard InChI is InChI=1S/C16H14N6O3S.C6H4ClF/c1-17-16(25)14-19-13(9-6-18-11(23)7-22(9)14)20-15(24)12-8-4-2-3-5-10(8)26-21-12;7-5-1-3-6(8)4-2-5/h2-5H,6-7H2,1H3,(H,17,25)(H,18,23)(H,20,24);1-4H. The number of rotatable bonds is 3. The zero-order valence-electron chi connectivity index (χ0n) is 17.8. The summed E-state index contributed by atoms with van der Waals surface area (Å²) in [6.45, 7) is 0.150. The Morgan fingerprint density at radius 1 is 1.15 bits per heavy atom. The van der Waals surface area contributed by atoms with Crippen molar-refractivity contribution in [3.63, 3.8) is 0 Å². The van der Waals surface area contributed by atoms with Crippen molar-refractivity contribution >= 4 is 56.8 Å². The molecule has 174 valence electrons. The summed E-state index contributed by atoms with van der Waals surface area (Å²) in [5.41, 5.74) is 0.866. The van der Waals surface area contributed by atoms with E-state index in [4.69, 9.17) is 11.6 Å². The van der Waals surface area contributed by atoms with E-state index in [0.717, 1.165) is 10.1 Å². The van der Waals surface area contributed by atoms with E-state index in [2.05, 4.69) is 25.3 Å². The second-order valence-electron chi connectivity index (χ2n) is 7.09. The Bertz CT molecular complexity index is 1360. The molecule has 0 radical (unpaired) electrons. The van der Waals surface area contributed by atoms with Crippen molar-refractivity contribution in [1.29, 1.82) is 0 Å². The third-order valence-electron chi connectivity index (χ3n) is 4.89. The molecular weight excluding hydrogens is 483 g/mol. The van der Waals surface area contributed by atoms with Crippen molar-refractivity contribution in [2.75, 3.05) is 12.4 Å². The van der Waals surface area contributed by atoms with E-state index in [-0.39, 0.29) is 36.5 Å². The third kappa shape index (κ3) is 4.90. The maximum Gasteiger partial charge on any atom is 0.287 e. The largest absolute Gasteiger partial charge is 0.352 e. The van der Waals surface area contributed by atoms with Gasteiger partial charge in [0.15, 0.2) is 5.82 Å². The molecule has 0 atom stereocenters. The summed E-state index contributed by atoms with van der Waals surface area (Å²) >= 11 is 6.68. The highest BCUT2D eigenvalue weighted by molar-refractivity contribution is 7.13. The molecule has 1 aliphatic rings. The molecule has 0 saturated heterocycles. The Morgan fingerprint density at radius 3 is 2.59 bits per heavy atom. The topological polar surface area (TPSA) is 118 Å². The van der Waals surface area contributed by atoms with Crippen LogP contribution in [0.25, 0.3) is 10.1 Å². The molecule has 0 spiro atoms. The first-order chi connectivity index (χ1) is 16.4. The van der Waals surface area contributed by atoms with Crippen LogP contribution in [-0.4, -0.2) is 38.7 Å². The van der Waals surface area contributed by atoms with Gasteiger partial charge in [-0.05, 0) is 41.9 Å². The molecule has 12 heteroatoms. The predicted molar refractivity (Wildman–Crippen MR) is 126 cm³/mol. The van der Waals surface area contributed by atoms with E-state index >= 15 is 0 Å². The van der Waals surface area contributed by atoms with Crippen molar-refractivity contribution in [3.05, 3.63) is 76.6 Å². The lowest BCUT2D eigenvalue weighted by molar-refractivity contribution is -0.122. The highest BCUT2D eigenvalue weighted by Crippen LogP contribution is 2.25. The molecule has 5 rings (SSSR count). The van der Waals surface area contributed by atoms with E-state index in [1.807, 2.05) is 24.3 Å². The number of carbonyl (C=O) groups excluding carboxylic acids is 3. The smallest absolute Gasteiger partial charge is 0.287 e. The highest BCUT2D eigenvalue weighted by atomic mass is 35.5. The summed E-state index contributed by atoms with van der Waals surface area (Å²) in [7, 11) is 1.48. The minimum absolute atomic E-state index is 0.0272. The van der Waals surface area contributed by atoms with E-state index < -0.39 is 11.8 Å². The van der Waals surface area contributed by atoms with Gasteiger partial charge in [-0.15, -0.1) is 0 Å². The van der Waals surface area contributed by atoms with Crippen LogP contribution in [0.4, 0.5) is 10.2 Å². The normalized spacial score (nSPS) is 12.3. The average molecular weight is 501 g/mol. The predicted octanol–water partition coefficient (Wildman–Crippen LogP) is 3.21. The number of amides is 3. The second-order valence-corrected chi connectivity index (χ2v) is 8.33. The number of halogens is 2. The van der Waals surface area contributed by atoms with E-state index in [1.165, 1.54) is 47.4 Å². The van der Waals surface area contributed by atoms with Crippen LogP contribution in [-0.2, 0) is 17.9 Å². The van der Waals surface area contributed by atoms with Crippen LogP contribution in [0.15, 0.2) is 48.5 Å². The molecule has 0 unspecified atom stereocenters. The fourth-order valence-corrected chi connectivity index (χ4v) is 4.15. The van der Waals surface area contributed by atoms with Crippen LogP contribution in [0, 0.1) is 5.82 Å². The lowest BCUT2D eigenvalue weighted by Crippen LogP contribution is -2.36. The van der Waals surface area contributed by atoms with Gasteiger partial charge in [0.2, 0.25) is 11.7 Å². The van der Waals surface area contributed by atoms with Crippen LogP contribution in [0.5, 0.6) is 0 Å². The summed E-state index contributed by atoms with van der Waals surface area (Å²) in [6, 6.07) is 13.1. The Hall–Kier alpha value is -3.83. The number of aromatic nitrogens is 3. The summed E-state index contributed by atoms with van der Waals surface area (Å²) in [5, 5.41) is 9.21. The number of carbonyl (C=O) groups is 3. The van der Waals surface area contributed by atoms with E-state index in [9.17, 15) is 18.8 Å². The molecule has 0 aliphatic carbocycles. The van der Waals surface area contributed by atoms with Crippen molar-refractivity contribution in [1.82, 2.24) is 24.6 Å². The van der Waals surface area contributed by atoms with Crippen molar-refractivity contribution in [2.45, 2.75) is 13.1 Å². The van der Waals surface area contributed by atoms with Crippen molar-refractivity contribution in [3.8, 4) is 0 Å². The molecule has 3 amide bonds. The third-order valence-corrected chi connectivity index (χ3v) is 5.96. The van der Waals surface area contributed by atoms with Gasteiger partial charge >= 0.3 is 0 Å². The molecule has 0 bridgehead atoms. The average Bonchev–Trinajstić information content (AvgIpc) is 3.42. The first-order valence-electron chi connectivity index (χ1n) is 10.0. The zero-order valence-corrected chi connectivity index (χ0v) is 19.3. The fourth-order valence-electron chi connectivity index (χ4n) is 3.25. The summed E-state index contributed by atoms with van der Waals surface area (Å²) < 4.78 is 18.7. The minimum atomic E-state index is -0.430. The molecule has 3 heterocycles. The Labute approximate surface area is 202 Å². The van der Waals surface area contributed by atoms with Gasteiger partial charge in [-0.25, -0.2) is 9.37 Å². The Kier molecular flexibility index (Phi) is 6.85. The van der Waals surface area contributed by atoms with Gasteiger partial charge in [0, 0.05) is 17.5 Å². The van der Waals surface area contributed by atoms with Gasteiger partial charge in [-0.1, -0.05) is 29.8 Å². The molecule has 1 aliphatic heterocycles. The van der Waals surface area contributed by atoms with Crippen LogP contribution >= 0.6 is 23.1 Å². The number of hydrogen-bond donors (Lipinski definition) is 3. The van der Waals surface area contributed by atoms with Crippen LogP contribution in [0.2, 0.25) is 5.02 Å². The van der Waals surface area contributed by atoms with Gasteiger partial charge in [-0.3, -0.25) is 14.4 Å². The first-order valence-corrected chi connectivity index (χ1v) is 11.2. The van der Waals surface area contributed by atoms with Gasteiger partial charge in [0.25, 0.3) is 11.8 Å². The first kappa shape index (κ1) is 23.3.